The molecule has 0 aliphatic heterocycles. The highest BCUT2D eigenvalue weighted by Gasteiger charge is 2.22. The molecule has 0 atom stereocenters. The third-order valence-corrected chi connectivity index (χ3v) is 11.1. The van der Waals surface area contributed by atoms with E-state index in [4.69, 9.17) is 9.40 Å². The van der Waals surface area contributed by atoms with Crippen LogP contribution in [0.5, 0.6) is 0 Å². The van der Waals surface area contributed by atoms with Gasteiger partial charge in [0, 0.05) is 38.0 Å². The first-order chi connectivity index (χ1) is 26.3. The van der Waals surface area contributed by atoms with Crippen LogP contribution < -0.4 is 0 Å². The first kappa shape index (κ1) is 28.5. The van der Waals surface area contributed by atoms with E-state index >= 15 is 0 Å². The van der Waals surface area contributed by atoms with Crippen LogP contribution in [0.2, 0.25) is 0 Å². The van der Waals surface area contributed by atoms with Crippen molar-refractivity contribution in [2.75, 3.05) is 0 Å². The molecular weight excluding hydrogens is 647 g/mol. The Balaban J connectivity index is 1.17. The molecule has 0 fully saturated rings. The third kappa shape index (κ3) is 3.98. The lowest BCUT2D eigenvalue weighted by Gasteiger charge is -2.13. The molecule has 0 saturated heterocycles. The van der Waals surface area contributed by atoms with Gasteiger partial charge in [-0.15, -0.1) is 0 Å². The monoisotopic (exact) mass is 675 g/mol. The number of hydrogen-bond donors (Lipinski definition) is 0. The minimum absolute atomic E-state index is 0.792. The van der Waals surface area contributed by atoms with Gasteiger partial charge in [0.15, 0.2) is 5.58 Å². The predicted molar refractivity (Wildman–Crippen MR) is 221 cm³/mol. The van der Waals surface area contributed by atoms with Crippen LogP contribution in [0, 0.1) is 0 Å². The number of fused-ring (bicyclic) bond motifs is 12. The van der Waals surface area contributed by atoms with Crippen molar-refractivity contribution in [1.82, 2.24) is 14.1 Å². The Hall–Kier alpha value is -7.17. The summed E-state index contributed by atoms with van der Waals surface area (Å²) in [5.74, 6) is 0. The second-order valence-electron chi connectivity index (χ2n) is 13.9. The van der Waals surface area contributed by atoms with Crippen LogP contribution in [0.4, 0.5) is 0 Å². The van der Waals surface area contributed by atoms with E-state index in [9.17, 15) is 0 Å². The molecule has 53 heavy (non-hydrogen) atoms. The molecule has 8 aromatic carbocycles. The number of furan rings is 1. The molecule has 0 bridgehead atoms. The number of benzene rings is 8. The van der Waals surface area contributed by atoms with Crippen molar-refractivity contribution >= 4 is 87.4 Å². The van der Waals surface area contributed by atoms with Crippen molar-refractivity contribution in [3.63, 3.8) is 0 Å². The summed E-state index contributed by atoms with van der Waals surface area (Å²) in [7, 11) is 0. The smallest absolute Gasteiger partial charge is 0.178 e. The van der Waals surface area contributed by atoms with Gasteiger partial charge in [0.1, 0.15) is 16.8 Å². The van der Waals surface area contributed by atoms with Gasteiger partial charge in [-0.2, -0.15) is 0 Å². The fraction of sp³-hybridized carbons (Fsp3) is 0. The van der Waals surface area contributed by atoms with Gasteiger partial charge in [-0.3, -0.25) is 0 Å². The summed E-state index contributed by atoms with van der Waals surface area (Å²) < 4.78 is 11.5. The Morgan fingerprint density at radius 1 is 0.415 bits per heavy atom. The highest BCUT2D eigenvalue weighted by Crippen LogP contribution is 2.43. The van der Waals surface area contributed by atoms with Crippen molar-refractivity contribution in [3.8, 4) is 22.5 Å². The van der Waals surface area contributed by atoms with Crippen LogP contribution in [0.25, 0.3) is 110 Å². The molecule has 12 aromatic rings. The van der Waals surface area contributed by atoms with Gasteiger partial charge >= 0.3 is 0 Å². The number of aromatic nitrogens is 3. The Bertz CT molecular complexity index is 3460. The fourth-order valence-corrected chi connectivity index (χ4v) is 8.76. The van der Waals surface area contributed by atoms with Crippen molar-refractivity contribution in [1.29, 1.82) is 0 Å². The summed E-state index contributed by atoms with van der Waals surface area (Å²) in [6.45, 7) is 0. The quantitative estimate of drug-likeness (QED) is 0.187. The average molecular weight is 676 g/mol. The molecule has 0 amide bonds. The Labute approximate surface area is 303 Å². The second-order valence-corrected chi connectivity index (χ2v) is 13.9. The lowest BCUT2D eigenvalue weighted by atomic mass is 9.99. The summed E-state index contributed by atoms with van der Waals surface area (Å²) in [5, 5.41) is 9.48. The molecule has 246 valence electrons. The number of para-hydroxylation sites is 4. The van der Waals surface area contributed by atoms with E-state index in [2.05, 4.69) is 173 Å². The van der Waals surface area contributed by atoms with Gasteiger partial charge in [-0.25, -0.2) is 4.98 Å². The van der Waals surface area contributed by atoms with Crippen LogP contribution in [0.3, 0.4) is 0 Å². The predicted octanol–water partition coefficient (Wildman–Crippen LogP) is 13.1. The van der Waals surface area contributed by atoms with Crippen LogP contribution in [0.15, 0.2) is 180 Å². The first-order valence-electron chi connectivity index (χ1n) is 18.1. The van der Waals surface area contributed by atoms with E-state index in [1.54, 1.807) is 0 Å². The normalized spacial score (nSPS) is 12.2. The Kier molecular flexibility index (Phi) is 5.74. The number of pyridine rings is 1. The van der Waals surface area contributed by atoms with Crippen LogP contribution in [-0.4, -0.2) is 14.1 Å². The van der Waals surface area contributed by atoms with Gasteiger partial charge in [-0.05, 0) is 82.6 Å². The summed E-state index contributed by atoms with van der Waals surface area (Å²) in [6.07, 6.45) is 0. The maximum absolute atomic E-state index is 6.71. The Morgan fingerprint density at radius 3 is 1.98 bits per heavy atom. The van der Waals surface area contributed by atoms with E-state index in [0.717, 1.165) is 60.9 Å². The van der Waals surface area contributed by atoms with Gasteiger partial charge in [0.05, 0.1) is 27.6 Å². The molecule has 0 radical (unpaired) electrons. The molecule has 12 rings (SSSR count). The zero-order valence-electron chi connectivity index (χ0n) is 28.5. The SMILES string of the molecule is c1ccc(-n2c3ccc(-c4ccc5c6ccccc6n(-c6c7ccccc7nc7c6oc6ccccc67)c5c4)cc3c3c4ccccc4ccc32)cc1. The van der Waals surface area contributed by atoms with Gasteiger partial charge in [-0.1, -0.05) is 115 Å². The minimum Gasteiger partial charge on any atom is -0.452 e. The topological polar surface area (TPSA) is 35.9 Å². The van der Waals surface area contributed by atoms with Crippen molar-refractivity contribution in [2.45, 2.75) is 0 Å². The molecule has 0 saturated carbocycles. The van der Waals surface area contributed by atoms with Crippen molar-refractivity contribution in [2.24, 2.45) is 0 Å². The standard InChI is InChI=1S/C49H29N3O/c1-2-13-33(14-3-1)51-42-26-24-31(28-39(42)46-34-15-5-4-12-30(34)23-27-43(46)51)32-22-25-36-35-16-7-10-20-41(35)52(44(36)29-32)48-37-17-6-9-19-40(37)50-47-38-18-8-11-21-45(38)53-49(47)48/h1-29H. The van der Waals surface area contributed by atoms with Gasteiger partial charge < -0.3 is 13.6 Å². The molecular formula is C49H29N3O. The van der Waals surface area contributed by atoms with Crippen molar-refractivity contribution < 1.29 is 4.42 Å². The van der Waals surface area contributed by atoms with E-state index in [0.29, 0.717) is 0 Å². The summed E-state index contributed by atoms with van der Waals surface area (Å²) >= 11 is 0. The van der Waals surface area contributed by atoms with E-state index in [-0.39, 0.29) is 0 Å². The largest absolute Gasteiger partial charge is 0.452 e. The highest BCUT2D eigenvalue weighted by atomic mass is 16.3. The number of nitrogens with zero attached hydrogens (tertiary/aromatic N) is 3. The maximum Gasteiger partial charge on any atom is 0.178 e. The molecule has 0 aliphatic rings. The second kappa shape index (κ2) is 10.7. The zero-order valence-corrected chi connectivity index (χ0v) is 28.5. The lowest BCUT2D eigenvalue weighted by Crippen LogP contribution is -1.98. The summed E-state index contributed by atoms with van der Waals surface area (Å²) in [6, 6.07) is 63.1. The average Bonchev–Trinajstić information content (AvgIpc) is 3.87. The first-order valence-corrected chi connectivity index (χ1v) is 18.1. The molecule has 4 heteroatoms. The third-order valence-electron chi connectivity index (χ3n) is 11.1. The molecule has 4 aromatic heterocycles. The minimum atomic E-state index is 0.792. The molecule has 4 nitrogen and oxygen atoms in total. The molecule has 0 spiro atoms. The molecule has 0 N–H and O–H groups in total. The Morgan fingerprint density at radius 2 is 1.08 bits per heavy atom. The molecule has 4 heterocycles. The molecule has 0 aliphatic carbocycles. The van der Waals surface area contributed by atoms with Crippen LogP contribution >= 0.6 is 0 Å². The summed E-state index contributed by atoms with van der Waals surface area (Å²) in [4.78, 5) is 5.15. The summed E-state index contributed by atoms with van der Waals surface area (Å²) in [5.41, 5.74) is 12.6. The van der Waals surface area contributed by atoms with Gasteiger partial charge in [0.25, 0.3) is 0 Å². The van der Waals surface area contributed by atoms with E-state index in [1.807, 2.05) is 12.1 Å². The van der Waals surface area contributed by atoms with E-state index in [1.165, 1.54) is 48.9 Å². The van der Waals surface area contributed by atoms with Gasteiger partial charge in [0.2, 0.25) is 0 Å². The number of rotatable bonds is 3. The fourth-order valence-electron chi connectivity index (χ4n) is 8.76. The lowest BCUT2D eigenvalue weighted by molar-refractivity contribution is 0.666. The van der Waals surface area contributed by atoms with Crippen LogP contribution in [0.1, 0.15) is 0 Å². The highest BCUT2D eigenvalue weighted by molar-refractivity contribution is 6.22. The number of hydrogen-bond acceptors (Lipinski definition) is 2. The van der Waals surface area contributed by atoms with Crippen LogP contribution in [-0.2, 0) is 0 Å². The maximum atomic E-state index is 6.71. The zero-order chi connectivity index (χ0) is 34.6. The molecule has 0 unspecified atom stereocenters. The van der Waals surface area contributed by atoms with Crippen molar-refractivity contribution in [3.05, 3.63) is 176 Å². The van der Waals surface area contributed by atoms with E-state index < -0.39 is 0 Å².